The Labute approximate surface area is 138 Å². The molecule has 1 aromatic rings. The van der Waals surface area contributed by atoms with E-state index in [1.807, 2.05) is 30.3 Å². The maximum Gasteiger partial charge on any atom is 0.220 e. The van der Waals surface area contributed by atoms with E-state index in [0.29, 0.717) is 6.54 Å². The number of hydrogen-bond donors (Lipinski definition) is 1. The third kappa shape index (κ3) is 5.93. The standard InChI is InChI=1S/C18H31NOSi2/c1-15(21(2,3)4)13-17(22(5,6)7)18(20)19-14-16-11-9-8-10-12-16/h8-12,17H,1,13-14H2,2-7H3,(H,19,20). The van der Waals surface area contributed by atoms with E-state index in [1.54, 1.807) is 0 Å². The van der Waals surface area contributed by atoms with Crippen molar-refractivity contribution in [3.05, 3.63) is 47.7 Å². The lowest BCUT2D eigenvalue weighted by Gasteiger charge is -2.31. The van der Waals surface area contributed by atoms with Crippen molar-refractivity contribution in [3.8, 4) is 0 Å². The monoisotopic (exact) mass is 333 g/mol. The van der Waals surface area contributed by atoms with Crippen molar-refractivity contribution < 1.29 is 4.79 Å². The van der Waals surface area contributed by atoms with Gasteiger partial charge in [0.15, 0.2) is 0 Å². The van der Waals surface area contributed by atoms with Gasteiger partial charge in [0.1, 0.15) is 0 Å². The number of rotatable bonds is 7. The zero-order chi connectivity index (χ0) is 17.0. The highest BCUT2D eigenvalue weighted by molar-refractivity contribution is 6.84. The number of nitrogens with one attached hydrogen (secondary N) is 1. The van der Waals surface area contributed by atoms with Crippen LogP contribution in [0.4, 0.5) is 0 Å². The zero-order valence-corrected chi connectivity index (χ0v) is 17.0. The summed E-state index contributed by atoms with van der Waals surface area (Å²) in [6.45, 7) is 18.6. The Morgan fingerprint density at radius 2 is 1.64 bits per heavy atom. The SMILES string of the molecule is C=C(CC(C(=O)NCc1ccccc1)[Si](C)(C)C)[Si](C)(C)C. The molecule has 0 aromatic heterocycles. The van der Waals surface area contributed by atoms with Gasteiger partial charge in [0.25, 0.3) is 0 Å². The summed E-state index contributed by atoms with van der Waals surface area (Å²) in [6.07, 6.45) is 0.853. The molecule has 0 saturated carbocycles. The van der Waals surface area contributed by atoms with E-state index < -0.39 is 16.1 Å². The Kier molecular flexibility index (Phi) is 6.38. The number of carbonyl (C=O) groups is 1. The minimum atomic E-state index is -1.58. The molecule has 0 saturated heterocycles. The van der Waals surface area contributed by atoms with Gasteiger partial charge in [-0.2, -0.15) is 0 Å². The fourth-order valence-electron chi connectivity index (χ4n) is 2.25. The fourth-order valence-corrected chi connectivity index (χ4v) is 5.02. The number of carbonyl (C=O) groups excluding carboxylic acids is 1. The average molecular weight is 334 g/mol. The van der Waals surface area contributed by atoms with E-state index in [2.05, 4.69) is 51.2 Å². The van der Waals surface area contributed by atoms with Crippen LogP contribution < -0.4 is 5.32 Å². The lowest BCUT2D eigenvalue weighted by molar-refractivity contribution is -0.121. The van der Waals surface area contributed by atoms with Gasteiger partial charge in [-0.15, -0.1) is 6.58 Å². The van der Waals surface area contributed by atoms with Gasteiger partial charge in [-0.3, -0.25) is 4.79 Å². The van der Waals surface area contributed by atoms with Gasteiger partial charge in [0, 0.05) is 12.1 Å². The first-order valence-electron chi connectivity index (χ1n) is 8.01. The molecule has 1 atom stereocenters. The van der Waals surface area contributed by atoms with Crippen LogP contribution in [0.5, 0.6) is 0 Å². The molecule has 1 amide bonds. The van der Waals surface area contributed by atoms with E-state index in [0.717, 1.165) is 12.0 Å². The summed E-state index contributed by atoms with van der Waals surface area (Å²) in [6, 6.07) is 10.1. The average Bonchev–Trinajstić information content (AvgIpc) is 2.40. The molecular weight excluding hydrogens is 302 g/mol. The highest BCUT2D eigenvalue weighted by Crippen LogP contribution is 2.32. The summed E-state index contributed by atoms with van der Waals surface area (Å²) in [5.74, 6) is 0.197. The molecule has 122 valence electrons. The minimum absolute atomic E-state index is 0.107. The molecule has 22 heavy (non-hydrogen) atoms. The van der Waals surface area contributed by atoms with E-state index in [1.165, 1.54) is 5.20 Å². The van der Waals surface area contributed by atoms with Gasteiger partial charge in [0.2, 0.25) is 5.91 Å². The van der Waals surface area contributed by atoms with Crippen LogP contribution in [0.3, 0.4) is 0 Å². The minimum Gasteiger partial charge on any atom is -0.352 e. The summed E-state index contributed by atoms with van der Waals surface area (Å²) in [5.41, 5.74) is 1.25. The van der Waals surface area contributed by atoms with Crippen LogP contribution in [0, 0.1) is 0 Å². The molecule has 0 heterocycles. The van der Waals surface area contributed by atoms with Crippen molar-refractivity contribution in [3.63, 3.8) is 0 Å². The first kappa shape index (κ1) is 18.9. The van der Waals surface area contributed by atoms with E-state index >= 15 is 0 Å². The first-order valence-corrected chi connectivity index (χ1v) is 15.1. The predicted octanol–water partition coefficient (Wildman–Crippen LogP) is 4.83. The third-order valence-corrected chi connectivity index (χ3v) is 9.07. The molecule has 0 aliphatic rings. The van der Waals surface area contributed by atoms with Crippen molar-refractivity contribution >= 4 is 22.1 Å². The van der Waals surface area contributed by atoms with Gasteiger partial charge in [-0.05, 0) is 12.0 Å². The topological polar surface area (TPSA) is 29.1 Å². The van der Waals surface area contributed by atoms with Gasteiger partial charge >= 0.3 is 0 Å². The molecule has 0 bridgehead atoms. The van der Waals surface area contributed by atoms with Crippen LogP contribution in [0.25, 0.3) is 0 Å². The van der Waals surface area contributed by atoms with Crippen LogP contribution in [-0.4, -0.2) is 22.1 Å². The molecule has 0 spiro atoms. The van der Waals surface area contributed by atoms with Crippen molar-refractivity contribution in [1.82, 2.24) is 5.32 Å². The van der Waals surface area contributed by atoms with Crippen LogP contribution in [0.2, 0.25) is 44.8 Å². The molecule has 0 aliphatic carbocycles. The Morgan fingerprint density at radius 1 is 1.09 bits per heavy atom. The third-order valence-electron chi connectivity index (χ3n) is 4.18. The van der Waals surface area contributed by atoms with Crippen molar-refractivity contribution in [2.75, 3.05) is 0 Å². The number of hydrogen-bond acceptors (Lipinski definition) is 1. The Hall–Kier alpha value is -1.14. The van der Waals surface area contributed by atoms with Gasteiger partial charge in [0.05, 0.1) is 16.1 Å². The van der Waals surface area contributed by atoms with Crippen molar-refractivity contribution in [1.29, 1.82) is 0 Å². The maximum absolute atomic E-state index is 12.7. The number of amides is 1. The fraction of sp³-hybridized carbons (Fsp3) is 0.500. The predicted molar refractivity (Wildman–Crippen MR) is 102 cm³/mol. The van der Waals surface area contributed by atoms with E-state index in [-0.39, 0.29) is 11.4 Å². The molecular formula is C18H31NOSi2. The van der Waals surface area contributed by atoms with Crippen molar-refractivity contribution in [2.24, 2.45) is 0 Å². The highest BCUT2D eigenvalue weighted by Gasteiger charge is 2.35. The lowest BCUT2D eigenvalue weighted by Crippen LogP contribution is -2.41. The molecule has 0 aliphatic heterocycles. The highest BCUT2D eigenvalue weighted by atomic mass is 28.3. The molecule has 2 nitrogen and oxygen atoms in total. The Balaban J connectivity index is 2.76. The van der Waals surface area contributed by atoms with Gasteiger partial charge in [-0.1, -0.05) is 74.8 Å². The smallest absolute Gasteiger partial charge is 0.220 e. The van der Waals surface area contributed by atoms with E-state index in [9.17, 15) is 4.79 Å². The first-order chi connectivity index (χ1) is 10.0. The van der Waals surface area contributed by atoms with E-state index in [4.69, 9.17) is 0 Å². The van der Waals surface area contributed by atoms with Crippen LogP contribution in [0.1, 0.15) is 12.0 Å². The molecule has 1 N–H and O–H groups in total. The number of benzene rings is 1. The summed E-state index contributed by atoms with van der Waals surface area (Å²) in [4.78, 5) is 12.7. The maximum atomic E-state index is 12.7. The van der Waals surface area contributed by atoms with Gasteiger partial charge in [-0.25, -0.2) is 0 Å². The molecule has 0 fully saturated rings. The second-order valence-corrected chi connectivity index (χ2v) is 18.8. The summed E-state index contributed by atoms with van der Waals surface area (Å²) in [5, 5.41) is 4.43. The Morgan fingerprint density at radius 3 is 2.09 bits per heavy atom. The molecule has 1 rings (SSSR count). The quantitative estimate of drug-likeness (QED) is 0.711. The molecule has 1 unspecified atom stereocenters. The normalized spacial score (nSPS) is 13.5. The molecule has 0 radical (unpaired) electrons. The zero-order valence-electron chi connectivity index (χ0n) is 15.0. The Bertz CT molecular complexity index is 512. The molecule has 1 aromatic carbocycles. The molecule has 4 heteroatoms. The summed E-state index contributed by atoms with van der Waals surface area (Å²) in [7, 11) is -2.97. The van der Waals surface area contributed by atoms with Crippen LogP contribution in [-0.2, 0) is 11.3 Å². The van der Waals surface area contributed by atoms with Gasteiger partial charge < -0.3 is 5.32 Å². The van der Waals surface area contributed by atoms with Crippen molar-refractivity contribution in [2.45, 2.75) is 57.8 Å². The number of allylic oxidation sites excluding steroid dienone is 1. The second-order valence-electron chi connectivity index (χ2n) is 8.18. The second kappa shape index (κ2) is 7.42. The summed E-state index contributed by atoms with van der Waals surface area (Å²) < 4.78 is 0. The largest absolute Gasteiger partial charge is 0.352 e. The lowest BCUT2D eigenvalue weighted by atomic mass is 10.2. The van der Waals surface area contributed by atoms with Crippen LogP contribution in [0.15, 0.2) is 42.1 Å². The summed E-state index contributed by atoms with van der Waals surface area (Å²) >= 11 is 0. The van der Waals surface area contributed by atoms with Crippen LogP contribution >= 0.6 is 0 Å².